The number of hydrogen-bond acceptors (Lipinski definition) is 8. The van der Waals surface area contributed by atoms with Crippen LogP contribution in [0, 0.1) is 11.3 Å². The zero-order valence-electron chi connectivity index (χ0n) is 13.1. The fraction of sp³-hybridized carbons (Fsp3) is 0.250. The molecule has 0 aromatic carbocycles. The molecule has 0 spiro atoms. The van der Waals surface area contributed by atoms with E-state index in [-0.39, 0.29) is 41.5 Å². The van der Waals surface area contributed by atoms with E-state index in [0.29, 0.717) is 0 Å². The van der Waals surface area contributed by atoms with Crippen molar-refractivity contribution in [3.8, 4) is 23.1 Å². The predicted molar refractivity (Wildman–Crippen MR) is 81.6 cm³/mol. The van der Waals surface area contributed by atoms with Gasteiger partial charge < -0.3 is 18.6 Å². The van der Waals surface area contributed by atoms with Gasteiger partial charge in [-0.25, -0.2) is 9.59 Å². The Morgan fingerprint density at radius 2 is 2.17 bits per heavy atom. The largest absolute Gasteiger partial charge is 0.484 e. The maximum absolute atomic E-state index is 12.2. The highest BCUT2D eigenvalue weighted by Gasteiger charge is 2.21. The van der Waals surface area contributed by atoms with Crippen molar-refractivity contribution in [2.45, 2.75) is 0 Å². The van der Waals surface area contributed by atoms with Crippen LogP contribution in [0.4, 0.5) is 0 Å². The Labute approximate surface area is 137 Å². The number of pyridine rings is 1. The lowest BCUT2D eigenvalue weighted by atomic mass is 10.1. The Balaban J connectivity index is 2.64. The van der Waals surface area contributed by atoms with E-state index < -0.39 is 11.6 Å². The first-order valence-electron chi connectivity index (χ1n) is 6.86. The highest BCUT2D eigenvalue weighted by atomic mass is 16.5. The quantitative estimate of drug-likeness (QED) is 0.577. The smallest absolute Gasteiger partial charge is 0.379 e. The molecule has 0 atom stereocenters. The third kappa shape index (κ3) is 3.59. The summed E-state index contributed by atoms with van der Waals surface area (Å²) in [5.41, 5.74) is -0.292. The summed E-state index contributed by atoms with van der Waals surface area (Å²) >= 11 is 0. The molecule has 0 aliphatic rings. The number of esters is 1. The van der Waals surface area contributed by atoms with Gasteiger partial charge in [0, 0.05) is 19.4 Å². The highest BCUT2D eigenvalue weighted by molar-refractivity contribution is 5.88. The van der Waals surface area contributed by atoms with Crippen LogP contribution in [0.5, 0.6) is 5.75 Å². The molecule has 0 fully saturated rings. The van der Waals surface area contributed by atoms with Crippen molar-refractivity contribution in [3.05, 3.63) is 46.1 Å². The standard InChI is InChI=1S/C16H14N2O6/c1-21-6-7-23-14-11(13-10(9-17)4-3-5-18-13)8-12(15(19)22-2)24-16(14)20/h3-5,8H,6-7H2,1-2H3. The van der Waals surface area contributed by atoms with Gasteiger partial charge in [0.05, 0.1) is 30.5 Å². The molecule has 0 aliphatic heterocycles. The SMILES string of the molecule is COCCOc1c(-c2ncccc2C#N)cc(C(=O)OC)oc1=O. The average molecular weight is 330 g/mol. The Morgan fingerprint density at radius 3 is 2.83 bits per heavy atom. The maximum Gasteiger partial charge on any atom is 0.379 e. The first kappa shape index (κ1) is 17.2. The van der Waals surface area contributed by atoms with Crippen LogP contribution in [0.1, 0.15) is 16.1 Å². The van der Waals surface area contributed by atoms with Crippen molar-refractivity contribution in [2.75, 3.05) is 27.4 Å². The van der Waals surface area contributed by atoms with Gasteiger partial charge in [0.25, 0.3) is 0 Å². The lowest BCUT2D eigenvalue weighted by molar-refractivity contribution is 0.0558. The molecule has 2 aromatic heterocycles. The molecule has 0 N–H and O–H groups in total. The summed E-state index contributed by atoms with van der Waals surface area (Å²) in [4.78, 5) is 28.0. The van der Waals surface area contributed by atoms with E-state index in [1.54, 1.807) is 6.07 Å². The van der Waals surface area contributed by atoms with Crippen molar-refractivity contribution in [1.82, 2.24) is 4.98 Å². The molecule has 24 heavy (non-hydrogen) atoms. The van der Waals surface area contributed by atoms with Gasteiger partial charge in [0.2, 0.25) is 11.5 Å². The number of carbonyl (C=O) groups is 1. The molecule has 0 saturated carbocycles. The predicted octanol–water partition coefficient (Wildman–Crippen LogP) is 1.39. The zero-order chi connectivity index (χ0) is 17.5. The van der Waals surface area contributed by atoms with Crippen molar-refractivity contribution >= 4 is 5.97 Å². The van der Waals surface area contributed by atoms with E-state index in [0.717, 1.165) is 7.11 Å². The van der Waals surface area contributed by atoms with Crippen molar-refractivity contribution in [2.24, 2.45) is 0 Å². The summed E-state index contributed by atoms with van der Waals surface area (Å²) in [6.07, 6.45) is 1.46. The van der Waals surface area contributed by atoms with Gasteiger partial charge in [-0.3, -0.25) is 4.98 Å². The Bertz CT molecular complexity index is 837. The topological polar surface area (TPSA) is 112 Å². The molecule has 2 heterocycles. The first-order valence-corrected chi connectivity index (χ1v) is 6.86. The number of carbonyl (C=O) groups excluding carboxylic acids is 1. The van der Waals surface area contributed by atoms with Crippen LogP contribution in [0.2, 0.25) is 0 Å². The van der Waals surface area contributed by atoms with Crippen molar-refractivity contribution in [3.63, 3.8) is 0 Å². The van der Waals surface area contributed by atoms with Crippen molar-refractivity contribution < 1.29 is 23.4 Å². The van der Waals surface area contributed by atoms with Gasteiger partial charge in [0.1, 0.15) is 12.7 Å². The van der Waals surface area contributed by atoms with Crippen LogP contribution in [0.15, 0.2) is 33.6 Å². The number of nitriles is 1. The molecule has 0 saturated heterocycles. The molecule has 0 radical (unpaired) electrons. The highest BCUT2D eigenvalue weighted by Crippen LogP contribution is 2.29. The molecular formula is C16H14N2O6. The minimum atomic E-state index is -0.876. The lowest BCUT2D eigenvalue weighted by Crippen LogP contribution is -2.15. The molecular weight excluding hydrogens is 316 g/mol. The number of aromatic nitrogens is 1. The Hall–Kier alpha value is -3.18. The molecule has 2 aromatic rings. The van der Waals surface area contributed by atoms with Crippen LogP contribution < -0.4 is 10.4 Å². The number of methoxy groups -OCH3 is 2. The zero-order valence-corrected chi connectivity index (χ0v) is 13.1. The summed E-state index contributed by atoms with van der Waals surface area (Å²) in [7, 11) is 2.64. The van der Waals surface area contributed by atoms with E-state index in [2.05, 4.69) is 9.72 Å². The van der Waals surface area contributed by atoms with Crippen LogP contribution in [-0.2, 0) is 9.47 Å². The van der Waals surface area contributed by atoms with E-state index in [1.165, 1.54) is 25.4 Å². The van der Waals surface area contributed by atoms with Crippen LogP contribution in [0.3, 0.4) is 0 Å². The Kier molecular flexibility index (Phi) is 5.65. The summed E-state index contributed by atoms with van der Waals surface area (Å²) in [6.45, 7) is 0.325. The molecule has 0 amide bonds. The average Bonchev–Trinajstić information content (AvgIpc) is 2.62. The Morgan fingerprint density at radius 1 is 1.38 bits per heavy atom. The van der Waals surface area contributed by atoms with Gasteiger partial charge in [0.15, 0.2) is 0 Å². The fourth-order valence-corrected chi connectivity index (χ4v) is 1.93. The number of hydrogen-bond donors (Lipinski definition) is 0. The number of rotatable bonds is 6. The van der Waals surface area contributed by atoms with Crippen LogP contribution in [0.25, 0.3) is 11.3 Å². The molecule has 0 aliphatic carbocycles. The minimum Gasteiger partial charge on any atom is -0.484 e. The lowest BCUT2D eigenvalue weighted by Gasteiger charge is -2.11. The maximum atomic E-state index is 12.2. The van der Waals surface area contributed by atoms with Gasteiger partial charge in [-0.15, -0.1) is 0 Å². The summed E-state index contributed by atoms with van der Waals surface area (Å²) < 4.78 is 19.8. The third-order valence-electron chi connectivity index (χ3n) is 3.01. The monoisotopic (exact) mass is 330 g/mol. The second-order valence-corrected chi connectivity index (χ2v) is 4.49. The molecule has 124 valence electrons. The normalized spacial score (nSPS) is 10.0. The summed E-state index contributed by atoms with van der Waals surface area (Å²) in [5, 5.41) is 9.23. The third-order valence-corrected chi connectivity index (χ3v) is 3.01. The van der Waals surface area contributed by atoms with E-state index in [1.807, 2.05) is 6.07 Å². The number of ether oxygens (including phenoxy) is 3. The first-order chi connectivity index (χ1) is 11.6. The van der Waals surface area contributed by atoms with E-state index in [4.69, 9.17) is 13.9 Å². The van der Waals surface area contributed by atoms with E-state index >= 15 is 0 Å². The van der Waals surface area contributed by atoms with Gasteiger partial charge >= 0.3 is 11.6 Å². The van der Waals surface area contributed by atoms with Crippen LogP contribution >= 0.6 is 0 Å². The minimum absolute atomic E-state index is 0.0839. The molecule has 2 rings (SSSR count). The van der Waals surface area contributed by atoms with Gasteiger partial charge in [-0.1, -0.05) is 0 Å². The second-order valence-electron chi connectivity index (χ2n) is 4.49. The van der Waals surface area contributed by atoms with E-state index in [9.17, 15) is 14.9 Å². The molecule has 8 heteroatoms. The molecule has 8 nitrogen and oxygen atoms in total. The van der Waals surface area contributed by atoms with Gasteiger partial charge in [-0.05, 0) is 12.1 Å². The molecule has 0 bridgehead atoms. The number of nitrogens with zero attached hydrogens (tertiary/aromatic N) is 2. The van der Waals surface area contributed by atoms with Crippen molar-refractivity contribution in [1.29, 1.82) is 5.26 Å². The summed E-state index contributed by atoms with van der Waals surface area (Å²) in [6, 6.07) is 6.36. The molecule has 0 unspecified atom stereocenters. The fourth-order valence-electron chi connectivity index (χ4n) is 1.93. The van der Waals surface area contributed by atoms with Crippen LogP contribution in [-0.4, -0.2) is 38.4 Å². The second kappa shape index (κ2) is 7.89. The summed E-state index contributed by atoms with van der Waals surface area (Å²) in [5.74, 6) is -1.30. The van der Waals surface area contributed by atoms with Gasteiger partial charge in [-0.2, -0.15) is 5.26 Å².